The van der Waals surface area contributed by atoms with Gasteiger partial charge < -0.3 is 29.0 Å². The van der Waals surface area contributed by atoms with Gasteiger partial charge in [0.25, 0.3) is 0 Å². The summed E-state index contributed by atoms with van der Waals surface area (Å²) in [5.41, 5.74) is -0.314. The number of methoxy groups -OCH3 is 1. The van der Waals surface area contributed by atoms with E-state index in [1.807, 2.05) is 32.0 Å². The first-order chi connectivity index (χ1) is 24.1. The van der Waals surface area contributed by atoms with Crippen LogP contribution in [0.25, 0.3) is 11.1 Å². The number of fused-ring (bicyclic) bond motifs is 1. The highest BCUT2D eigenvalue weighted by molar-refractivity contribution is 5.77. The minimum absolute atomic E-state index is 0.0254. The molecule has 0 saturated carbocycles. The zero-order chi connectivity index (χ0) is 36.9. The van der Waals surface area contributed by atoms with Gasteiger partial charge in [-0.1, -0.05) is 19.9 Å². The number of nitrogens with zero attached hydrogens (tertiary/aromatic N) is 3. The average molecular weight is 720 g/mol. The van der Waals surface area contributed by atoms with Crippen LogP contribution in [0.2, 0.25) is 0 Å². The Morgan fingerprint density at radius 1 is 0.882 bits per heavy atom. The van der Waals surface area contributed by atoms with E-state index in [0.717, 1.165) is 5.56 Å². The van der Waals surface area contributed by atoms with Crippen LogP contribution in [-0.4, -0.2) is 48.0 Å². The second-order valence-electron chi connectivity index (χ2n) is 12.1. The molecule has 4 aromatic rings. The molecule has 0 saturated heterocycles. The van der Waals surface area contributed by atoms with Gasteiger partial charge in [-0.15, -0.1) is 0 Å². The molecule has 1 aliphatic rings. The van der Waals surface area contributed by atoms with Crippen LogP contribution >= 0.6 is 0 Å². The third-order valence-corrected chi connectivity index (χ3v) is 8.03. The predicted molar refractivity (Wildman–Crippen MR) is 174 cm³/mol. The SMILES string of the molecule is COc1ccc(C(C)C)cc1-c1cc2c(cc1CN(Cc1cc(C(F)(F)F)cc(C(F)(F)F)c1)c1ncc(OCCCC(=O)O)cn1)OCCO2. The summed E-state index contributed by atoms with van der Waals surface area (Å²) in [5, 5.41) is 8.87. The Kier molecular flexibility index (Phi) is 11.2. The maximum atomic E-state index is 13.8. The van der Waals surface area contributed by atoms with Gasteiger partial charge in [-0.3, -0.25) is 4.79 Å². The molecule has 0 unspecified atom stereocenters. The average Bonchev–Trinajstić information content (AvgIpc) is 3.08. The van der Waals surface area contributed by atoms with Crippen molar-refractivity contribution in [2.45, 2.75) is 58.0 Å². The van der Waals surface area contributed by atoms with Gasteiger partial charge in [0.15, 0.2) is 17.2 Å². The summed E-state index contributed by atoms with van der Waals surface area (Å²) in [6, 6.07) is 10.6. The number of carbonyl (C=O) groups is 1. The predicted octanol–water partition coefficient (Wildman–Crippen LogP) is 8.53. The van der Waals surface area contributed by atoms with E-state index in [2.05, 4.69) is 9.97 Å². The topological polar surface area (TPSA) is 103 Å². The first-order valence-corrected chi connectivity index (χ1v) is 15.9. The number of rotatable bonds is 13. The molecule has 0 atom stereocenters. The Morgan fingerprint density at radius 3 is 2.08 bits per heavy atom. The van der Waals surface area contributed by atoms with Crippen molar-refractivity contribution in [2.24, 2.45) is 0 Å². The molecule has 1 N–H and O–H groups in total. The van der Waals surface area contributed by atoms with Crippen molar-refractivity contribution in [2.75, 3.05) is 31.8 Å². The van der Waals surface area contributed by atoms with Gasteiger partial charge in [-0.2, -0.15) is 26.3 Å². The van der Waals surface area contributed by atoms with Crippen molar-refractivity contribution >= 4 is 11.9 Å². The molecule has 0 bridgehead atoms. The molecule has 5 rings (SSSR count). The van der Waals surface area contributed by atoms with Crippen LogP contribution in [0.4, 0.5) is 32.3 Å². The number of halogens is 6. The zero-order valence-corrected chi connectivity index (χ0v) is 27.9. The highest BCUT2D eigenvalue weighted by Gasteiger charge is 2.37. The van der Waals surface area contributed by atoms with Gasteiger partial charge in [-0.25, -0.2) is 9.97 Å². The number of aromatic nitrogens is 2. The fraction of sp³-hybridized carbons (Fsp3) is 0.361. The van der Waals surface area contributed by atoms with E-state index in [0.29, 0.717) is 52.7 Å². The number of aliphatic carboxylic acids is 1. The first-order valence-electron chi connectivity index (χ1n) is 15.9. The highest BCUT2D eigenvalue weighted by Crippen LogP contribution is 2.43. The molecule has 0 aliphatic carbocycles. The molecule has 2 heterocycles. The summed E-state index contributed by atoms with van der Waals surface area (Å²) in [5.74, 6) is 0.711. The molecule has 0 amide bonds. The van der Waals surface area contributed by atoms with Gasteiger partial charge in [0.2, 0.25) is 5.95 Å². The summed E-state index contributed by atoms with van der Waals surface area (Å²) in [6.07, 6.45) is -7.40. The maximum absolute atomic E-state index is 13.8. The van der Waals surface area contributed by atoms with Gasteiger partial charge >= 0.3 is 18.3 Å². The molecule has 1 aromatic heterocycles. The number of carboxylic acids is 1. The number of anilines is 1. The maximum Gasteiger partial charge on any atom is 0.416 e. The number of alkyl halides is 6. The number of ether oxygens (including phenoxy) is 4. The fourth-order valence-electron chi connectivity index (χ4n) is 5.50. The fourth-order valence-corrected chi connectivity index (χ4v) is 5.50. The second kappa shape index (κ2) is 15.4. The monoisotopic (exact) mass is 719 g/mol. The summed E-state index contributed by atoms with van der Waals surface area (Å²) >= 11 is 0. The molecule has 51 heavy (non-hydrogen) atoms. The Labute approximate surface area is 289 Å². The van der Waals surface area contributed by atoms with Gasteiger partial charge in [0, 0.05) is 25.1 Å². The van der Waals surface area contributed by atoms with E-state index >= 15 is 0 Å². The lowest BCUT2D eigenvalue weighted by atomic mass is 9.93. The van der Waals surface area contributed by atoms with Crippen LogP contribution in [0.15, 0.2) is 60.9 Å². The molecule has 15 heteroatoms. The molecule has 0 spiro atoms. The van der Waals surface area contributed by atoms with Gasteiger partial charge in [0.05, 0.1) is 37.2 Å². The quantitative estimate of drug-likeness (QED) is 0.108. The third-order valence-electron chi connectivity index (χ3n) is 8.03. The van der Waals surface area contributed by atoms with Gasteiger partial charge in [0.1, 0.15) is 19.0 Å². The number of carboxylic acid groups (broad SMARTS) is 1. The highest BCUT2D eigenvalue weighted by atomic mass is 19.4. The van der Waals surface area contributed by atoms with Crippen LogP contribution in [0.5, 0.6) is 23.0 Å². The normalized spacial score (nSPS) is 12.9. The van der Waals surface area contributed by atoms with Crippen LogP contribution < -0.4 is 23.8 Å². The van der Waals surface area contributed by atoms with Crippen molar-refractivity contribution in [1.29, 1.82) is 0 Å². The van der Waals surface area contributed by atoms with E-state index in [1.165, 1.54) is 24.4 Å². The van der Waals surface area contributed by atoms with Crippen molar-refractivity contribution in [3.05, 3.63) is 88.7 Å². The van der Waals surface area contributed by atoms with Crippen LogP contribution in [0.1, 0.15) is 60.4 Å². The molecule has 0 fully saturated rings. The van der Waals surface area contributed by atoms with E-state index < -0.39 is 36.0 Å². The van der Waals surface area contributed by atoms with E-state index in [4.69, 9.17) is 24.1 Å². The minimum atomic E-state index is -5.04. The molecular formula is C36H35F6N3O6. The molecule has 0 radical (unpaired) electrons. The number of hydrogen-bond acceptors (Lipinski definition) is 8. The van der Waals surface area contributed by atoms with Crippen LogP contribution in [0.3, 0.4) is 0 Å². The Morgan fingerprint density at radius 2 is 1.51 bits per heavy atom. The summed E-state index contributed by atoms with van der Waals surface area (Å²) in [6.45, 7) is 4.12. The summed E-state index contributed by atoms with van der Waals surface area (Å²) in [4.78, 5) is 20.9. The number of hydrogen-bond donors (Lipinski definition) is 1. The Hall–Kier alpha value is -5.21. The second-order valence-corrected chi connectivity index (χ2v) is 12.1. The molecule has 272 valence electrons. The zero-order valence-electron chi connectivity index (χ0n) is 27.9. The largest absolute Gasteiger partial charge is 0.496 e. The molecule has 3 aromatic carbocycles. The number of benzene rings is 3. The van der Waals surface area contributed by atoms with E-state index in [1.54, 1.807) is 12.1 Å². The first kappa shape index (κ1) is 37.1. The lowest BCUT2D eigenvalue weighted by Crippen LogP contribution is -2.26. The van der Waals surface area contributed by atoms with Gasteiger partial charge in [-0.05, 0) is 77.1 Å². The van der Waals surface area contributed by atoms with Crippen molar-refractivity contribution < 1.29 is 55.2 Å². The molecule has 1 aliphatic heterocycles. The molecule has 9 nitrogen and oxygen atoms in total. The van der Waals surface area contributed by atoms with Crippen LogP contribution in [-0.2, 0) is 30.2 Å². The summed E-state index contributed by atoms with van der Waals surface area (Å²) in [7, 11) is 1.52. The molecular weight excluding hydrogens is 684 g/mol. The Balaban J connectivity index is 1.62. The van der Waals surface area contributed by atoms with Crippen LogP contribution in [0, 0.1) is 0 Å². The van der Waals surface area contributed by atoms with Crippen molar-refractivity contribution in [3.63, 3.8) is 0 Å². The lowest BCUT2D eigenvalue weighted by molar-refractivity contribution is -0.143. The Bertz CT molecular complexity index is 1820. The van der Waals surface area contributed by atoms with Crippen molar-refractivity contribution in [3.8, 4) is 34.1 Å². The summed E-state index contributed by atoms with van der Waals surface area (Å²) < 4.78 is 106. The third kappa shape index (κ3) is 9.32. The smallest absolute Gasteiger partial charge is 0.416 e. The van der Waals surface area contributed by atoms with E-state index in [-0.39, 0.29) is 61.8 Å². The minimum Gasteiger partial charge on any atom is -0.496 e. The van der Waals surface area contributed by atoms with E-state index in [9.17, 15) is 31.1 Å². The van der Waals surface area contributed by atoms with Crippen molar-refractivity contribution in [1.82, 2.24) is 9.97 Å². The standard InChI is InChI=1S/C36H35F6N3O6/c1-21(2)23-6-7-30(48-3)29(13-23)28-16-32-31(50-9-10-51-32)14-24(28)20-45(34-43-17-27(18-44-34)49-8-4-5-33(46)47)19-22-11-25(35(37,38)39)15-26(12-22)36(40,41)42/h6-7,11-18,21H,4-5,8-10,19-20H2,1-3H3,(H,46,47). The lowest BCUT2D eigenvalue weighted by Gasteiger charge is -2.27.